The quantitative estimate of drug-likeness (QED) is 0.441. The number of carbonyl (C=O) groups is 3. The number of rotatable bonds is 9. The van der Waals surface area contributed by atoms with Gasteiger partial charge in [0.2, 0.25) is 5.91 Å². The van der Waals surface area contributed by atoms with Crippen molar-refractivity contribution < 1.29 is 23.9 Å². The van der Waals surface area contributed by atoms with Crippen LogP contribution >= 0.6 is 0 Å². The lowest BCUT2D eigenvalue weighted by Gasteiger charge is -2.28. The van der Waals surface area contributed by atoms with Crippen LogP contribution in [0.25, 0.3) is 0 Å². The number of nitrogens with zero attached hydrogens (tertiary/aromatic N) is 2. The summed E-state index contributed by atoms with van der Waals surface area (Å²) >= 11 is 0. The van der Waals surface area contributed by atoms with Crippen LogP contribution in [0, 0.1) is 0 Å². The van der Waals surface area contributed by atoms with Crippen molar-refractivity contribution in [2.45, 2.75) is 18.7 Å². The Morgan fingerprint density at radius 2 is 1.62 bits per heavy atom. The van der Waals surface area contributed by atoms with Crippen molar-refractivity contribution in [2.75, 3.05) is 44.7 Å². The molecule has 0 aliphatic carbocycles. The highest BCUT2D eigenvalue weighted by Gasteiger charge is 2.47. The molecule has 0 aromatic heterocycles. The van der Waals surface area contributed by atoms with Crippen molar-refractivity contribution in [3.63, 3.8) is 0 Å². The number of anilines is 1. The first-order valence-electron chi connectivity index (χ1n) is 13.1. The van der Waals surface area contributed by atoms with E-state index >= 15 is 0 Å². The van der Waals surface area contributed by atoms with E-state index in [4.69, 9.17) is 9.47 Å². The Morgan fingerprint density at radius 3 is 2.36 bits per heavy atom. The van der Waals surface area contributed by atoms with Gasteiger partial charge in [-0.15, -0.1) is 0 Å². The molecular formula is C30H32N4O5. The molecule has 2 fully saturated rings. The predicted octanol–water partition coefficient (Wildman–Crippen LogP) is 3.45. The number of nitrogens with one attached hydrogen (secondary N) is 2. The minimum Gasteiger partial charge on any atom is -0.438 e. The van der Waals surface area contributed by atoms with Crippen LogP contribution in [0.1, 0.15) is 27.6 Å². The van der Waals surface area contributed by atoms with Crippen molar-refractivity contribution in [1.29, 1.82) is 0 Å². The third-order valence-electron chi connectivity index (χ3n) is 6.89. The van der Waals surface area contributed by atoms with Crippen LogP contribution in [0.15, 0.2) is 84.9 Å². The van der Waals surface area contributed by atoms with Crippen molar-refractivity contribution in [3.8, 4) is 0 Å². The molecule has 5 rings (SSSR count). The Hall–Kier alpha value is -4.21. The average molecular weight is 529 g/mol. The van der Waals surface area contributed by atoms with Gasteiger partial charge < -0.3 is 20.1 Å². The highest BCUT2D eigenvalue weighted by atomic mass is 16.6. The summed E-state index contributed by atoms with van der Waals surface area (Å²) in [6.07, 6.45) is -1.39. The first kappa shape index (κ1) is 26.4. The second-order valence-corrected chi connectivity index (χ2v) is 9.55. The summed E-state index contributed by atoms with van der Waals surface area (Å²) in [5.41, 5.74) is 2.59. The van der Waals surface area contributed by atoms with Crippen LogP contribution in [0.2, 0.25) is 0 Å². The number of carbonyl (C=O) groups excluding carboxylic acids is 3. The summed E-state index contributed by atoms with van der Waals surface area (Å²) in [7, 11) is 0. The van der Waals surface area contributed by atoms with Crippen molar-refractivity contribution in [1.82, 2.24) is 15.1 Å². The smallest absolute Gasteiger partial charge is 0.411 e. The second kappa shape index (κ2) is 12.6. The number of amides is 3. The topological polar surface area (TPSA) is 100 Å². The van der Waals surface area contributed by atoms with Crippen LogP contribution in [0.5, 0.6) is 0 Å². The van der Waals surface area contributed by atoms with Gasteiger partial charge in [0.1, 0.15) is 0 Å². The Balaban J connectivity index is 1.34. The molecule has 9 heteroatoms. The third-order valence-corrected chi connectivity index (χ3v) is 6.89. The van der Waals surface area contributed by atoms with Crippen molar-refractivity contribution in [2.24, 2.45) is 0 Å². The van der Waals surface area contributed by atoms with Gasteiger partial charge in [0.05, 0.1) is 19.8 Å². The Morgan fingerprint density at radius 1 is 0.897 bits per heavy atom. The van der Waals surface area contributed by atoms with Crippen LogP contribution < -0.4 is 10.6 Å². The lowest BCUT2D eigenvalue weighted by molar-refractivity contribution is -0.126. The van der Waals surface area contributed by atoms with E-state index in [2.05, 4.69) is 15.5 Å². The molecule has 202 valence electrons. The van der Waals surface area contributed by atoms with Gasteiger partial charge in [0.25, 0.3) is 5.91 Å². The number of ether oxygens (including phenoxy) is 2. The second-order valence-electron chi connectivity index (χ2n) is 9.55. The van der Waals surface area contributed by atoms with E-state index < -0.39 is 18.2 Å². The maximum atomic E-state index is 13.6. The first-order chi connectivity index (χ1) is 19.1. The lowest BCUT2D eigenvalue weighted by atomic mass is 10.00. The van der Waals surface area contributed by atoms with Gasteiger partial charge in [0.15, 0.2) is 12.1 Å². The first-order valence-corrected chi connectivity index (χ1v) is 13.1. The van der Waals surface area contributed by atoms with Gasteiger partial charge in [-0.1, -0.05) is 60.7 Å². The zero-order chi connectivity index (χ0) is 27.0. The molecule has 2 aliphatic rings. The summed E-state index contributed by atoms with van der Waals surface area (Å²) in [5, 5.41) is 5.90. The number of benzene rings is 3. The molecule has 39 heavy (non-hydrogen) atoms. The molecular weight excluding hydrogens is 496 g/mol. The molecule has 0 radical (unpaired) electrons. The molecule has 2 N–H and O–H groups in total. The molecule has 3 aromatic carbocycles. The molecule has 3 amide bonds. The van der Waals surface area contributed by atoms with Crippen LogP contribution in [0.3, 0.4) is 0 Å². The van der Waals surface area contributed by atoms with E-state index in [9.17, 15) is 14.4 Å². The SMILES string of the molecule is O=C(Nc1cccc(C2OC(=O)N(Cc3ccccc3)C2C(=O)NCCN2CCOCC2)c1)c1ccccc1. The molecule has 2 atom stereocenters. The lowest BCUT2D eigenvalue weighted by Crippen LogP contribution is -2.48. The number of hydrogen-bond acceptors (Lipinski definition) is 6. The Bertz CT molecular complexity index is 1280. The van der Waals surface area contributed by atoms with Crippen molar-refractivity contribution in [3.05, 3.63) is 102 Å². The predicted molar refractivity (Wildman–Crippen MR) is 146 cm³/mol. The Labute approximate surface area is 227 Å². The van der Waals surface area contributed by atoms with E-state index in [1.807, 2.05) is 36.4 Å². The van der Waals surface area contributed by atoms with Gasteiger partial charge >= 0.3 is 6.09 Å². The molecule has 0 bridgehead atoms. The van der Waals surface area contributed by atoms with Crippen LogP contribution in [0.4, 0.5) is 10.5 Å². The van der Waals surface area contributed by atoms with E-state index in [0.29, 0.717) is 43.1 Å². The summed E-state index contributed by atoms with van der Waals surface area (Å²) in [4.78, 5) is 43.0. The van der Waals surface area contributed by atoms with Gasteiger partial charge in [-0.25, -0.2) is 4.79 Å². The summed E-state index contributed by atoms with van der Waals surface area (Å²) in [6.45, 7) is 4.40. The fraction of sp³-hybridized carbons (Fsp3) is 0.300. The highest BCUT2D eigenvalue weighted by Crippen LogP contribution is 2.35. The number of cyclic esters (lactones) is 1. The largest absolute Gasteiger partial charge is 0.438 e. The maximum Gasteiger partial charge on any atom is 0.411 e. The maximum absolute atomic E-state index is 13.6. The summed E-state index contributed by atoms with van der Waals surface area (Å²) in [6, 6.07) is 24.6. The van der Waals surface area contributed by atoms with E-state index in [1.54, 1.807) is 48.5 Å². The minimum absolute atomic E-state index is 0.238. The monoisotopic (exact) mass is 528 g/mol. The van der Waals surface area contributed by atoms with E-state index in [0.717, 1.165) is 18.7 Å². The standard InChI is InChI=1S/C30H32N4O5/c35-28(23-10-5-2-6-11-23)32-25-13-7-12-24(20-25)27-26(29(36)31-14-15-33-16-18-38-19-17-33)34(30(37)39-27)21-22-8-3-1-4-9-22/h1-13,20,26-27H,14-19,21H2,(H,31,36)(H,32,35). The van der Waals surface area contributed by atoms with Gasteiger partial charge in [-0.2, -0.15) is 0 Å². The molecule has 2 saturated heterocycles. The molecule has 2 aliphatic heterocycles. The zero-order valence-electron chi connectivity index (χ0n) is 21.6. The average Bonchev–Trinajstić information content (AvgIpc) is 3.30. The molecule has 0 spiro atoms. The number of hydrogen-bond donors (Lipinski definition) is 2. The van der Waals surface area contributed by atoms with Crippen molar-refractivity contribution >= 4 is 23.6 Å². The summed E-state index contributed by atoms with van der Waals surface area (Å²) in [5.74, 6) is -0.534. The van der Waals surface area contributed by atoms with Gasteiger partial charge in [-0.05, 0) is 35.4 Å². The highest BCUT2D eigenvalue weighted by molar-refractivity contribution is 6.04. The Kier molecular flexibility index (Phi) is 8.50. The summed E-state index contributed by atoms with van der Waals surface area (Å²) < 4.78 is 11.2. The fourth-order valence-corrected chi connectivity index (χ4v) is 4.84. The van der Waals surface area contributed by atoms with Gasteiger partial charge in [0, 0.05) is 37.4 Å². The third kappa shape index (κ3) is 6.63. The molecule has 2 heterocycles. The molecule has 9 nitrogen and oxygen atoms in total. The molecule has 3 aromatic rings. The van der Waals surface area contributed by atoms with Gasteiger partial charge in [-0.3, -0.25) is 19.4 Å². The van der Waals surface area contributed by atoms with E-state index in [1.165, 1.54) is 4.90 Å². The van der Waals surface area contributed by atoms with Crippen LogP contribution in [-0.4, -0.2) is 73.1 Å². The number of morpholine rings is 1. The minimum atomic E-state index is -0.873. The fourth-order valence-electron chi connectivity index (χ4n) is 4.84. The normalized spacial score (nSPS) is 19.4. The van der Waals surface area contributed by atoms with E-state index in [-0.39, 0.29) is 18.4 Å². The molecule has 0 saturated carbocycles. The molecule has 2 unspecified atom stereocenters. The zero-order valence-corrected chi connectivity index (χ0v) is 21.6. The van der Waals surface area contributed by atoms with Crippen LogP contribution in [-0.2, 0) is 20.8 Å².